The maximum Gasteiger partial charge on any atom is 0.168 e. The molecule has 1 aliphatic heterocycles. The Morgan fingerprint density at radius 2 is 2.11 bits per heavy atom. The van der Waals surface area contributed by atoms with E-state index in [1.165, 1.54) is 0 Å². The Morgan fingerprint density at radius 3 is 2.78 bits per heavy atom. The summed E-state index contributed by atoms with van der Waals surface area (Å²) in [5, 5.41) is 15.5. The van der Waals surface area contributed by atoms with Crippen LogP contribution in [0.2, 0.25) is 0 Å². The van der Waals surface area contributed by atoms with E-state index in [9.17, 15) is 0 Å². The first kappa shape index (κ1) is 13.4. The van der Waals surface area contributed by atoms with Crippen LogP contribution in [0.25, 0.3) is 0 Å². The molecular weight excluding hydrogens is 230 g/mol. The predicted molar refractivity (Wildman–Crippen MR) is 68.2 cm³/mol. The highest BCUT2D eigenvalue weighted by atomic mass is 16.5. The largest absolute Gasteiger partial charge is 0.381 e. The number of aromatic nitrogens is 4. The second kappa shape index (κ2) is 6.24. The zero-order valence-electron chi connectivity index (χ0n) is 11.5. The van der Waals surface area contributed by atoms with Gasteiger partial charge in [0.15, 0.2) is 5.82 Å². The van der Waals surface area contributed by atoms with Gasteiger partial charge in [-0.25, -0.2) is 4.68 Å². The number of rotatable bonds is 5. The Balaban J connectivity index is 2.09. The van der Waals surface area contributed by atoms with E-state index in [4.69, 9.17) is 4.74 Å². The van der Waals surface area contributed by atoms with Crippen LogP contribution in [0.1, 0.15) is 51.5 Å². The molecule has 1 N–H and O–H groups in total. The molecular formula is C12H23N5O. The molecule has 0 radical (unpaired) electrons. The zero-order chi connectivity index (χ0) is 13.0. The molecule has 1 aliphatic rings. The lowest BCUT2D eigenvalue weighted by Gasteiger charge is -2.28. The number of nitrogens with one attached hydrogen (secondary N) is 1. The van der Waals surface area contributed by atoms with Crippen molar-refractivity contribution in [3.63, 3.8) is 0 Å². The molecule has 1 saturated heterocycles. The Morgan fingerprint density at radius 1 is 1.39 bits per heavy atom. The molecule has 0 aromatic carbocycles. The van der Waals surface area contributed by atoms with Gasteiger partial charge in [-0.2, -0.15) is 0 Å². The van der Waals surface area contributed by atoms with Crippen LogP contribution < -0.4 is 5.32 Å². The minimum Gasteiger partial charge on any atom is -0.381 e. The molecule has 18 heavy (non-hydrogen) atoms. The van der Waals surface area contributed by atoms with Crippen molar-refractivity contribution in [3.05, 3.63) is 5.82 Å². The van der Waals surface area contributed by atoms with Crippen molar-refractivity contribution in [2.45, 2.75) is 45.7 Å². The molecule has 2 heterocycles. The molecule has 2 atom stereocenters. The number of ether oxygens (including phenoxy) is 1. The van der Waals surface area contributed by atoms with Crippen molar-refractivity contribution in [1.82, 2.24) is 25.5 Å². The summed E-state index contributed by atoms with van der Waals surface area (Å²) in [6.07, 6.45) is 2.19. The molecule has 1 aromatic rings. The van der Waals surface area contributed by atoms with Crippen LogP contribution in [-0.2, 0) is 4.74 Å². The first-order valence-corrected chi connectivity index (χ1v) is 6.83. The Labute approximate surface area is 108 Å². The van der Waals surface area contributed by atoms with Crippen LogP contribution in [0.15, 0.2) is 0 Å². The molecule has 1 fully saturated rings. The second-order valence-corrected chi connectivity index (χ2v) is 4.95. The molecule has 0 amide bonds. The van der Waals surface area contributed by atoms with Crippen molar-refractivity contribution in [2.24, 2.45) is 5.92 Å². The van der Waals surface area contributed by atoms with Gasteiger partial charge < -0.3 is 10.1 Å². The third kappa shape index (κ3) is 2.87. The normalized spacial score (nSPS) is 20.8. The van der Waals surface area contributed by atoms with E-state index in [0.717, 1.165) is 38.4 Å². The van der Waals surface area contributed by atoms with Crippen molar-refractivity contribution < 1.29 is 4.74 Å². The van der Waals surface area contributed by atoms with Crippen LogP contribution >= 0.6 is 0 Å². The maximum atomic E-state index is 5.41. The lowest BCUT2D eigenvalue weighted by Crippen LogP contribution is -2.28. The average molecular weight is 253 g/mol. The Kier molecular flexibility index (Phi) is 4.66. The van der Waals surface area contributed by atoms with Gasteiger partial charge in [0.25, 0.3) is 0 Å². The maximum absolute atomic E-state index is 5.41. The van der Waals surface area contributed by atoms with Crippen LogP contribution in [0.4, 0.5) is 0 Å². The quantitative estimate of drug-likeness (QED) is 0.857. The van der Waals surface area contributed by atoms with E-state index < -0.39 is 0 Å². The van der Waals surface area contributed by atoms with Crippen molar-refractivity contribution >= 4 is 0 Å². The molecule has 6 nitrogen and oxygen atoms in total. The van der Waals surface area contributed by atoms with Gasteiger partial charge in [-0.1, -0.05) is 6.92 Å². The minimum absolute atomic E-state index is 0.187. The fraction of sp³-hybridized carbons (Fsp3) is 0.917. The standard InChI is InChI=1S/C12H23N5O/c1-4-13-9(2)12-14-15-16-17(12)10(3)11-5-7-18-8-6-11/h9-11,13H,4-8H2,1-3H3. The van der Waals surface area contributed by atoms with E-state index in [2.05, 4.69) is 41.6 Å². The fourth-order valence-corrected chi connectivity index (χ4v) is 2.57. The highest BCUT2D eigenvalue weighted by Crippen LogP contribution is 2.28. The van der Waals surface area contributed by atoms with E-state index in [1.54, 1.807) is 0 Å². The average Bonchev–Trinajstić information content (AvgIpc) is 2.88. The van der Waals surface area contributed by atoms with Crippen LogP contribution in [0.5, 0.6) is 0 Å². The fourth-order valence-electron chi connectivity index (χ4n) is 2.57. The minimum atomic E-state index is 0.187. The summed E-state index contributed by atoms with van der Waals surface area (Å²) in [7, 11) is 0. The van der Waals surface area contributed by atoms with E-state index in [0.29, 0.717) is 12.0 Å². The molecule has 0 bridgehead atoms. The van der Waals surface area contributed by atoms with Crippen molar-refractivity contribution in [3.8, 4) is 0 Å². The van der Waals surface area contributed by atoms with Crippen LogP contribution in [-0.4, -0.2) is 40.0 Å². The molecule has 0 saturated carbocycles. The van der Waals surface area contributed by atoms with Crippen molar-refractivity contribution in [2.75, 3.05) is 19.8 Å². The van der Waals surface area contributed by atoms with Gasteiger partial charge in [-0.15, -0.1) is 5.10 Å². The van der Waals surface area contributed by atoms with Gasteiger partial charge in [0.05, 0.1) is 12.1 Å². The van der Waals surface area contributed by atoms with Gasteiger partial charge in [0.2, 0.25) is 0 Å². The number of tetrazole rings is 1. The first-order valence-electron chi connectivity index (χ1n) is 6.83. The Bertz CT molecular complexity index is 361. The summed E-state index contributed by atoms with van der Waals surface area (Å²) >= 11 is 0. The van der Waals surface area contributed by atoms with Crippen LogP contribution in [0, 0.1) is 5.92 Å². The predicted octanol–water partition coefficient (Wildman–Crippen LogP) is 1.33. The molecule has 1 aromatic heterocycles. The smallest absolute Gasteiger partial charge is 0.168 e. The second-order valence-electron chi connectivity index (χ2n) is 4.95. The highest BCUT2D eigenvalue weighted by molar-refractivity contribution is 4.92. The molecule has 0 spiro atoms. The topological polar surface area (TPSA) is 64.9 Å². The van der Waals surface area contributed by atoms with Gasteiger partial charge in [0, 0.05) is 13.2 Å². The molecule has 2 unspecified atom stereocenters. The molecule has 102 valence electrons. The first-order chi connectivity index (χ1) is 8.74. The monoisotopic (exact) mass is 253 g/mol. The highest BCUT2D eigenvalue weighted by Gasteiger charge is 2.26. The lowest BCUT2D eigenvalue weighted by molar-refractivity contribution is 0.0485. The molecule has 2 rings (SSSR count). The van der Waals surface area contributed by atoms with Crippen LogP contribution in [0.3, 0.4) is 0 Å². The van der Waals surface area contributed by atoms with Gasteiger partial charge in [-0.05, 0) is 49.6 Å². The van der Waals surface area contributed by atoms with Gasteiger partial charge >= 0.3 is 0 Å². The molecule has 6 heteroatoms. The summed E-state index contributed by atoms with van der Waals surface area (Å²) in [4.78, 5) is 0. The summed E-state index contributed by atoms with van der Waals surface area (Å²) in [5.74, 6) is 1.53. The van der Waals surface area contributed by atoms with Crippen molar-refractivity contribution in [1.29, 1.82) is 0 Å². The van der Waals surface area contributed by atoms with E-state index in [-0.39, 0.29) is 6.04 Å². The van der Waals surface area contributed by atoms with Gasteiger partial charge in [-0.3, -0.25) is 0 Å². The number of hydrogen-bond donors (Lipinski definition) is 1. The zero-order valence-corrected chi connectivity index (χ0v) is 11.5. The number of hydrogen-bond acceptors (Lipinski definition) is 5. The summed E-state index contributed by atoms with van der Waals surface area (Å²) < 4.78 is 7.39. The SMILES string of the molecule is CCNC(C)c1nnnn1C(C)C1CCOCC1. The number of nitrogens with zero attached hydrogens (tertiary/aromatic N) is 4. The third-order valence-corrected chi connectivity index (χ3v) is 3.75. The lowest BCUT2D eigenvalue weighted by atomic mass is 9.93. The molecule has 0 aliphatic carbocycles. The third-order valence-electron chi connectivity index (χ3n) is 3.75. The summed E-state index contributed by atoms with van der Waals surface area (Å²) in [5.41, 5.74) is 0. The Hall–Kier alpha value is -1.01. The van der Waals surface area contributed by atoms with E-state index >= 15 is 0 Å². The van der Waals surface area contributed by atoms with Gasteiger partial charge in [0.1, 0.15) is 0 Å². The summed E-state index contributed by atoms with van der Waals surface area (Å²) in [6, 6.07) is 0.521. The van der Waals surface area contributed by atoms with E-state index in [1.807, 2.05) is 4.68 Å². The summed E-state index contributed by atoms with van der Waals surface area (Å²) in [6.45, 7) is 9.02.